The van der Waals surface area contributed by atoms with Gasteiger partial charge in [-0.25, -0.2) is 0 Å². The van der Waals surface area contributed by atoms with Crippen molar-refractivity contribution in [2.45, 2.75) is 13.5 Å². The van der Waals surface area contributed by atoms with Crippen LogP contribution in [0.5, 0.6) is 0 Å². The minimum Gasteiger partial charge on any atom is -0.379 e. The van der Waals surface area contributed by atoms with Crippen LogP contribution in [0.3, 0.4) is 0 Å². The van der Waals surface area contributed by atoms with Gasteiger partial charge in [0, 0.05) is 24.7 Å². The highest BCUT2D eigenvalue weighted by Crippen LogP contribution is 2.01. The third-order valence-electron chi connectivity index (χ3n) is 2.22. The predicted molar refractivity (Wildman–Crippen MR) is 66.8 cm³/mol. The second kappa shape index (κ2) is 7.60. The van der Waals surface area contributed by atoms with Gasteiger partial charge in [-0.3, -0.25) is 9.88 Å². The van der Waals surface area contributed by atoms with E-state index in [0.29, 0.717) is 12.5 Å². The maximum absolute atomic E-state index is 5.52. The number of aryl methyl sites for hydroxylation is 1. The Morgan fingerprint density at radius 2 is 2.19 bits per heavy atom. The molecule has 0 saturated carbocycles. The minimum absolute atomic E-state index is 0.559. The normalized spacial score (nSPS) is 11.0. The third-order valence-corrected chi connectivity index (χ3v) is 2.37. The molecule has 16 heavy (non-hydrogen) atoms. The Morgan fingerprint density at radius 1 is 1.38 bits per heavy atom. The van der Waals surface area contributed by atoms with Gasteiger partial charge in [0.15, 0.2) is 0 Å². The fraction of sp³-hybridized carbons (Fsp3) is 0.583. The first-order valence-corrected chi connectivity index (χ1v) is 6.00. The minimum atomic E-state index is 0.559. The van der Waals surface area contributed by atoms with Crippen LogP contribution in [-0.4, -0.2) is 42.6 Å². The number of halogens is 1. The van der Waals surface area contributed by atoms with Gasteiger partial charge in [0.05, 0.1) is 18.9 Å². The zero-order chi connectivity index (χ0) is 11.8. The number of alkyl halides is 1. The highest BCUT2D eigenvalue weighted by atomic mass is 35.5. The number of rotatable bonds is 7. The van der Waals surface area contributed by atoms with Crippen LogP contribution in [0.25, 0.3) is 0 Å². The summed E-state index contributed by atoms with van der Waals surface area (Å²) >= 11 is 5.52. The molecule has 0 unspecified atom stereocenters. The molecule has 0 atom stereocenters. The van der Waals surface area contributed by atoms with Crippen LogP contribution in [0.15, 0.2) is 18.2 Å². The average molecular weight is 243 g/mol. The fourth-order valence-electron chi connectivity index (χ4n) is 1.42. The van der Waals surface area contributed by atoms with Gasteiger partial charge in [0.25, 0.3) is 0 Å². The van der Waals surface area contributed by atoms with Crippen LogP contribution in [0.2, 0.25) is 0 Å². The zero-order valence-electron chi connectivity index (χ0n) is 9.95. The number of hydrogen-bond donors (Lipinski definition) is 0. The molecule has 0 radical (unpaired) electrons. The molecule has 0 amide bonds. The van der Waals surface area contributed by atoms with E-state index in [2.05, 4.69) is 16.9 Å². The second-order valence-electron chi connectivity index (χ2n) is 3.81. The van der Waals surface area contributed by atoms with Gasteiger partial charge >= 0.3 is 0 Å². The highest BCUT2D eigenvalue weighted by Gasteiger charge is 2.01. The van der Waals surface area contributed by atoms with Crippen molar-refractivity contribution in [2.75, 3.05) is 32.7 Å². The Hall–Kier alpha value is -0.640. The van der Waals surface area contributed by atoms with Crippen LogP contribution >= 0.6 is 11.6 Å². The second-order valence-corrected chi connectivity index (χ2v) is 4.19. The summed E-state index contributed by atoms with van der Waals surface area (Å²) in [5.41, 5.74) is 2.16. The molecule has 0 bridgehead atoms. The molecule has 0 aliphatic rings. The molecule has 0 saturated heterocycles. The van der Waals surface area contributed by atoms with E-state index in [-0.39, 0.29) is 0 Å². The smallest absolute Gasteiger partial charge is 0.0602 e. The first-order valence-electron chi connectivity index (χ1n) is 5.47. The van der Waals surface area contributed by atoms with E-state index in [4.69, 9.17) is 16.3 Å². The van der Waals surface area contributed by atoms with Gasteiger partial charge < -0.3 is 4.74 Å². The molecular formula is C12H19ClN2O. The van der Waals surface area contributed by atoms with Crippen molar-refractivity contribution in [1.29, 1.82) is 0 Å². The molecule has 1 rings (SSSR count). The molecule has 3 nitrogen and oxygen atoms in total. The molecule has 0 N–H and O–H groups in total. The Labute approximate surface area is 102 Å². The molecule has 0 fully saturated rings. The monoisotopic (exact) mass is 242 g/mol. The maximum Gasteiger partial charge on any atom is 0.0602 e. The quantitative estimate of drug-likeness (QED) is 0.541. The first-order chi connectivity index (χ1) is 7.72. The van der Waals surface area contributed by atoms with Crippen molar-refractivity contribution in [2.24, 2.45) is 0 Å². The van der Waals surface area contributed by atoms with Gasteiger partial charge in [-0.05, 0) is 26.1 Å². The summed E-state index contributed by atoms with van der Waals surface area (Å²) in [7, 11) is 2.06. The number of likely N-dealkylation sites (N-methyl/N-ethyl adjacent to an activating group) is 1. The Balaban J connectivity index is 2.25. The van der Waals surface area contributed by atoms with E-state index < -0.39 is 0 Å². The summed E-state index contributed by atoms with van der Waals surface area (Å²) in [4.78, 5) is 6.64. The van der Waals surface area contributed by atoms with E-state index in [1.807, 2.05) is 25.1 Å². The van der Waals surface area contributed by atoms with Gasteiger partial charge in [0.2, 0.25) is 0 Å². The molecule has 0 aliphatic carbocycles. The van der Waals surface area contributed by atoms with Gasteiger partial charge in [-0.1, -0.05) is 6.07 Å². The van der Waals surface area contributed by atoms with Crippen LogP contribution < -0.4 is 0 Å². The Morgan fingerprint density at radius 3 is 2.88 bits per heavy atom. The van der Waals surface area contributed by atoms with E-state index in [0.717, 1.165) is 31.1 Å². The molecular weight excluding hydrogens is 224 g/mol. The van der Waals surface area contributed by atoms with E-state index in [1.54, 1.807) is 0 Å². The molecule has 90 valence electrons. The van der Waals surface area contributed by atoms with Crippen LogP contribution in [-0.2, 0) is 11.3 Å². The van der Waals surface area contributed by atoms with Crippen LogP contribution in [0.1, 0.15) is 11.4 Å². The largest absolute Gasteiger partial charge is 0.379 e. The predicted octanol–water partition coefficient (Wildman–Crippen LogP) is 2.08. The SMILES string of the molecule is Cc1cccc(CN(C)CCOCCCl)n1. The van der Waals surface area contributed by atoms with Crippen molar-refractivity contribution >= 4 is 11.6 Å². The zero-order valence-corrected chi connectivity index (χ0v) is 10.7. The number of pyridine rings is 1. The summed E-state index contributed by atoms with van der Waals surface area (Å²) in [6.07, 6.45) is 0. The summed E-state index contributed by atoms with van der Waals surface area (Å²) in [6.45, 7) is 5.10. The summed E-state index contributed by atoms with van der Waals surface area (Å²) < 4.78 is 5.32. The number of hydrogen-bond acceptors (Lipinski definition) is 3. The summed E-state index contributed by atoms with van der Waals surface area (Å²) in [5, 5.41) is 0. The van der Waals surface area contributed by atoms with Crippen molar-refractivity contribution in [3.05, 3.63) is 29.6 Å². The maximum atomic E-state index is 5.52. The van der Waals surface area contributed by atoms with Crippen molar-refractivity contribution in [1.82, 2.24) is 9.88 Å². The standard InChI is InChI=1S/C12H19ClN2O/c1-11-4-3-5-12(14-11)10-15(2)7-9-16-8-6-13/h3-5H,6-10H2,1-2H3. The fourth-order valence-corrected chi connectivity index (χ4v) is 1.53. The average Bonchev–Trinajstić information content (AvgIpc) is 2.24. The number of nitrogens with zero attached hydrogens (tertiary/aromatic N) is 2. The van der Waals surface area contributed by atoms with Crippen molar-refractivity contribution in [3.8, 4) is 0 Å². The van der Waals surface area contributed by atoms with Crippen LogP contribution in [0, 0.1) is 6.92 Å². The lowest BCUT2D eigenvalue weighted by molar-refractivity contribution is 0.121. The lowest BCUT2D eigenvalue weighted by Crippen LogP contribution is -2.23. The lowest BCUT2D eigenvalue weighted by atomic mass is 10.3. The summed E-state index contributed by atoms with van der Waals surface area (Å²) in [5.74, 6) is 0.559. The molecule has 1 heterocycles. The highest BCUT2D eigenvalue weighted by molar-refractivity contribution is 6.17. The lowest BCUT2D eigenvalue weighted by Gasteiger charge is -2.16. The summed E-state index contributed by atoms with van der Waals surface area (Å²) in [6, 6.07) is 6.09. The van der Waals surface area contributed by atoms with E-state index >= 15 is 0 Å². The molecule has 0 aliphatic heterocycles. The van der Waals surface area contributed by atoms with E-state index in [1.165, 1.54) is 0 Å². The van der Waals surface area contributed by atoms with Gasteiger partial charge in [0.1, 0.15) is 0 Å². The van der Waals surface area contributed by atoms with Crippen molar-refractivity contribution in [3.63, 3.8) is 0 Å². The van der Waals surface area contributed by atoms with Crippen LogP contribution in [0.4, 0.5) is 0 Å². The third kappa shape index (κ3) is 5.45. The number of ether oxygens (including phenoxy) is 1. The molecule has 1 aromatic heterocycles. The van der Waals surface area contributed by atoms with Crippen molar-refractivity contribution < 1.29 is 4.74 Å². The Bertz CT molecular complexity index is 307. The molecule has 1 aromatic rings. The van der Waals surface area contributed by atoms with Gasteiger partial charge in [-0.15, -0.1) is 11.6 Å². The topological polar surface area (TPSA) is 25.4 Å². The molecule has 0 aromatic carbocycles. The Kier molecular flexibility index (Phi) is 6.38. The first kappa shape index (κ1) is 13.4. The molecule has 0 spiro atoms. The molecule has 4 heteroatoms. The number of aromatic nitrogens is 1. The van der Waals surface area contributed by atoms with E-state index in [9.17, 15) is 0 Å². The van der Waals surface area contributed by atoms with Gasteiger partial charge in [-0.2, -0.15) is 0 Å².